The van der Waals surface area contributed by atoms with E-state index in [2.05, 4.69) is 19.2 Å². The highest BCUT2D eigenvalue weighted by molar-refractivity contribution is 5.74. The van der Waals surface area contributed by atoms with Crippen LogP contribution in [0.15, 0.2) is 6.07 Å². The predicted molar refractivity (Wildman–Crippen MR) is 58.1 cm³/mol. The number of nitrogens with zero attached hydrogens (tertiary/aromatic N) is 1. The molecule has 0 amide bonds. The summed E-state index contributed by atoms with van der Waals surface area (Å²) in [5, 5.41) is 0. The third kappa shape index (κ3) is 4.72. The van der Waals surface area contributed by atoms with Gasteiger partial charge in [0.2, 0.25) is 11.8 Å². The van der Waals surface area contributed by atoms with Gasteiger partial charge in [0.05, 0.1) is 20.6 Å². The number of hydrogen-bond acceptors (Lipinski definition) is 5. The van der Waals surface area contributed by atoms with Crippen molar-refractivity contribution in [3.8, 4) is 11.8 Å². The monoisotopic (exact) mass is 315 g/mol. The van der Waals surface area contributed by atoms with Gasteiger partial charge in [0, 0.05) is 17.2 Å². The number of esters is 1. The fraction of sp³-hybridized carbons (Fsp3) is 0.455. The first-order valence-electron chi connectivity index (χ1n) is 5.36. The molecule has 0 aliphatic carbocycles. The van der Waals surface area contributed by atoms with Crippen molar-refractivity contribution in [3.63, 3.8) is 0 Å². The van der Waals surface area contributed by atoms with E-state index in [1.165, 1.54) is 0 Å². The first-order valence-corrected chi connectivity index (χ1v) is 5.36. The van der Waals surface area contributed by atoms with Gasteiger partial charge in [-0.3, -0.25) is 4.79 Å². The van der Waals surface area contributed by atoms with E-state index in [0.717, 1.165) is 20.3 Å². The van der Waals surface area contributed by atoms with E-state index < -0.39 is 48.1 Å². The van der Waals surface area contributed by atoms with Gasteiger partial charge < -0.3 is 14.2 Å². The van der Waals surface area contributed by atoms with Crippen LogP contribution in [0, 0.1) is 0 Å². The molecule has 1 aromatic heterocycles. The highest BCUT2D eigenvalue weighted by Crippen LogP contribution is 2.35. The topological polar surface area (TPSA) is 57.7 Å². The Balaban J connectivity index is 3.40. The second kappa shape index (κ2) is 6.55. The van der Waals surface area contributed by atoms with Gasteiger partial charge in [-0.05, 0) is 0 Å². The van der Waals surface area contributed by atoms with E-state index in [1.54, 1.807) is 0 Å². The van der Waals surface area contributed by atoms with Crippen molar-refractivity contribution in [1.82, 2.24) is 4.98 Å². The van der Waals surface area contributed by atoms with Crippen molar-refractivity contribution in [2.45, 2.75) is 19.2 Å². The largest absolute Gasteiger partial charge is 0.574 e. The SMILES string of the molecule is COC(=O)Cc1c(C(F)F)cc(OC)nc1OC(F)(F)F. The molecule has 0 atom stereocenters. The van der Waals surface area contributed by atoms with Crippen LogP contribution in [0.4, 0.5) is 22.0 Å². The van der Waals surface area contributed by atoms with Crippen LogP contribution in [0.25, 0.3) is 0 Å². The van der Waals surface area contributed by atoms with Gasteiger partial charge >= 0.3 is 12.3 Å². The Morgan fingerprint density at radius 2 is 1.95 bits per heavy atom. The first-order chi connectivity index (χ1) is 9.67. The molecule has 118 valence electrons. The van der Waals surface area contributed by atoms with Gasteiger partial charge in [-0.25, -0.2) is 8.78 Å². The van der Waals surface area contributed by atoms with Crippen LogP contribution in [-0.4, -0.2) is 31.5 Å². The molecule has 1 aromatic rings. The van der Waals surface area contributed by atoms with Crippen LogP contribution >= 0.6 is 0 Å². The van der Waals surface area contributed by atoms with Gasteiger partial charge in [-0.1, -0.05) is 0 Å². The van der Waals surface area contributed by atoms with Crippen LogP contribution in [-0.2, 0) is 16.0 Å². The fourth-order valence-corrected chi connectivity index (χ4v) is 1.43. The smallest absolute Gasteiger partial charge is 0.481 e. The Hall–Kier alpha value is -2.13. The van der Waals surface area contributed by atoms with Gasteiger partial charge in [0.25, 0.3) is 6.43 Å². The van der Waals surface area contributed by atoms with Crippen LogP contribution < -0.4 is 9.47 Å². The molecule has 0 aliphatic rings. The molecule has 0 fully saturated rings. The van der Waals surface area contributed by atoms with E-state index in [1.807, 2.05) is 0 Å². The van der Waals surface area contributed by atoms with E-state index in [0.29, 0.717) is 0 Å². The molecule has 0 bridgehead atoms. The van der Waals surface area contributed by atoms with Crippen molar-refractivity contribution < 1.29 is 41.0 Å². The average Bonchev–Trinajstić information content (AvgIpc) is 2.38. The fourth-order valence-electron chi connectivity index (χ4n) is 1.43. The number of carbonyl (C=O) groups is 1. The highest BCUT2D eigenvalue weighted by atomic mass is 19.4. The summed E-state index contributed by atoms with van der Waals surface area (Å²) >= 11 is 0. The zero-order valence-corrected chi connectivity index (χ0v) is 10.8. The minimum absolute atomic E-state index is 0.502. The average molecular weight is 315 g/mol. The molecule has 21 heavy (non-hydrogen) atoms. The number of halogens is 5. The predicted octanol–water partition coefficient (Wildman–Crippen LogP) is 2.64. The van der Waals surface area contributed by atoms with E-state index in [9.17, 15) is 26.7 Å². The van der Waals surface area contributed by atoms with E-state index in [4.69, 9.17) is 0 Å². The lowest BCUT2D eigenvalue weighted by atomic mass is 10.1. The van der Waals surface area contributed by atoms with Gasteiger partial charge in [0.15, 0.2) is 0 Å². The summed E-state index contributed by atoms with van der Waals surface area (Å²) in [5.74, 6) is -2.70. The van der Waals surface area contributed by atoms with Crippen LogP contribution in [0.5, 0.6) is 11.8 Å². The maximum Gasteiger partial charge on any atom is 0.574 e. The molecule has 1 heterocycles. The minimum atomic E-state index is -5.16. The molecule has 0 radical (unpaired) electrons. The van der Waals surface area contributed by atoms with Crippen molar-refractivity contribution in [3.05, 3.63) is 17.2 Å². The van der Waals surface area contributed by atoms with Crippen molar-refractivity contribution in [2.75, 3.05) is 14.2 Å². The number of hydrogen-bond donors (Lipinski definition) is 0. The first kappa shape index (κ1) is 16.9. The van der Waals surface area contributed by atoms with Gasteiger partial charge in [-0.2, -0.15) is 4.98 Å². The number of pyridine rings is 1. The summed E-state index contributed by atoms with van der Waals surface area (Å²) in [5.41, 5.74) is -1.57. The zero-order chi connectivity index (χ0) is 16.2. The second-order valence-electron chi connectivity index (χ2n) is 3.64. The normalized spacial score (nSPS) is 11.4. The number of carbonyl (C=O) groups excluding carboxylic acids is 1. The molecular formula is C11H10F5NO4. The molecule has 0 saturated heterocycles. The van der Waals surface area contributed by atoms with Crippen molar-refractivity contribution >= 4 is 5.97 Å². The molecule has 5 nitrogen and oxygen atoms in total. The standard InChI is InChI=1S/C11H10F5NO4/c1-19-7-3-5(9(12)13)6(4-8(18)20-2)10(17-7)21-11(14,15)16/h3,9H,4H2,1-2H3. The third-order valence-electron chi connectivity index (χ3n) is 2.30. The number of rotatable bonds is 5. The number of methoxy groups -OCH3 is 2. The summed E-state index contributed by atoms with van der Waals surface area (Å²) in [6, 6.07) is 0.728. The maximum absolute atomic E-state index is 12.9. The molecule has 0 aromatic carbocycles. The van der Waals surface area contributed by atoms with Crippen LogP contribution in [0.3, 0.4) is 0 Å². The Labute approximate surface area is 115 Å². The number of ether oxygens (including phenoxy) is 3. The Morgan fingerprint density at radius 3 is 2.38 bits per heavy atom. The molecule has 0 saturated carbocycles. The van der Waals surface area contributed by atoms with Crippen molar-refractivity contribution in [2.24, 2.45) is 0 Å². The lowest BCUT2D eigenvalue weighted by Crippen LogP contribution is -2.21. The van der Waals surface area contributed by atoms with Gasteiger partial charge in [0.1, 0.15) is 0 Å². The van der Waals surface area contributed by atoms with E-state index >= 15 is 0 Å². The molecule has 10 heteroatoms. The Kier molecular flexibility index (Phi) is 5.28. The molecule has 0 N–H and O–H groups in total. The molecule has 0 unspecified atom stereocenters. The summed E-state index contributed by atoms with van der Waals surface area (Å²) < 4.78 is 75.2. The molecule has 0 aliphatic heterocycles. The second-order valence-corrected chi connectivity index (χ2v) is 3.64. The Morgan fingerprint density at radius 1 is 1.33 bits per heavy atom. The molecule has 0 spiro atoms. The summed E-state index contributed by atoms with van der Waals surface area (Å²) in [6.45, 7) is 0. The Bertz CT molecular complexity index is 518. The maximum atomic E-state index is 12.9. The lowest BCUT2D eigenvalue weighted by Gasteiger charge is -2.16. The summed E-state index contributed by atoms with van der Waals surface area (Å²) in [7, 11) is 2.00. The minimum Gasteiger partial charge on any atom is -0.481 e. The molecular weight excluding hydrogens is 305 g/mol. The van der Waals surface area contributed by atoms with Crippen molar-refractivity contribution in [1.29, 1.82) is 0 Å². The number of alkyl halides is 5. The number of aromatic nitrogens is 1. The zero-order valence-electron chi connectivity index (χ0n) is 10.8. The quantitative estimate of drug-likeness (QED) is 0.617. The van der Waals surface area contributed by atoms with Crippen LogP contribution in [0.2, 0.25) is 0 Å². The van der Waals surface area contributed by atoms with Crippen LogP contribution in [0.1, 0.15) is 17.6 Å². The summed E-state index contributed by atoms with van der Waals surface area (Å²) in [4.78, 5) is 14.5. The molecule has 1 rings (SSSR count). The lowest BCUT2D eigenvalue weighted by molar-refractivity contribution is -0.276. The van der Waals surface area contributed by atoms with E-state index in [-0.39, 0.29) is 0 Å². The third-order valence-corrected chi connectivity index (χ3v) is 2.30. The highest BCUT2D eigenvalue weighted by Gasteiger charge is 2.35. The summed E-state index contributed by atoms with van der Waals surface area (Å²) in [6.07, 6.45) is -9.17. The van der Waals surface area contributed by atoms with Gasteiger partial charge in [-0.15, -0.1) is 13.2 Å².